The minimum absolute atomic E-state index is 0.728. The van der Waals surface area contributed by atoms with E-state index >= 15 is 0 Å². The van der Waals surface area contributed by atoms with Crippen molar-refractivity contribution in [1.29, 1.82) is 0 Å². The van der Waals surface area contributed by atoms with E-state index in [-0.39, 0.29) is 0 Å². The maximum Gasteiger partial charge on any atom is 0.0946 e. The third-order valence-corrected chi connectivity index (χ3v) is 3.83. The van der Waals surface area contributed by atoms with Crippen molar-refractivity contribution in [1.82, 2.24) is 14.9 Å². The van der Waals surface area contributed by atoms with Crippen LogP contribution in [0.1, 0.15) is 26.7 Å². The highest BCUT2D eigenvalue weighted by molar-refractivity contribution is 5.09. The lowest BCUT2D eigenvalue weighted by Crippen LogP contribution is -2.31. The van der Waals surface area contributed by atoms with Crippen LogP contribution in [-0.2, 0) is 6.54 Å². The lowest BCUT2D eigenvalue weighted by atomic mass is 9.80. The van der Waals surface area contributed by atoms with Gasteiger partial charge in [0.2, 0.25) is 0 Å². The van der Waals surface area contributed by atoms with E-state index in [1.54, 1.807) is 5.57 Å². The van der Waals surface area contributed by atoms with Gasteiger partial charge in [-0.2, -0.15) is 0 Å². The predicted octanol–water partition coefficient (Wildman–Crippen LogP) is 2.47. The quantitative estimate of drug-likeness (QED) is 0.625. The normalized spacial score (nSPS) is 24.7. The summed E-state index contributed by atoms with van der Waals surface area (Å²) in [6.45, 7) is 7.78. The number of hydrogen-bond acceptors (Lipinski definition) is 2. The summed E-state index contributed by atoms with van der Waals surface area (Å²) >= 11 is 0. The van der Waals surface area contributed by atoms with Crippen LogP contribution in [-0.4, -0.2) is 22.6 Å². The van der Waals surface area contributed by atoms with Gasteiger partial charge < -0.3 is 9.88 Å². The summed E-state index contributed by atoms with van der Waals surface area (Å²) in [6, 6.07) is 0. The standard InChI is InChI=1S/C14H23N3/c1-12-4-3-5-13(2)14(12)10-15-6-8-17-9-7-16-11-17/h4,7,9,11,13-15H,3,5-6,8,10H2,1-2H3/t13-,14-/m1/s1. The molecular formula is C14H23N3. The summed E-state index contributed by atoms with van der Waals surface area (Å²) in [4.78, 5) is 4.04. The summed E-state index contributed by atoms with van der Waals surface area (Å²) in [5.41, 5.74) is 1.57. The van der Waals surface area contributed by atoms with Gasteiger partial charge in [0.1, 0.15) is 0 Å². The summed E-state index contributed by atoms with van der Waals surface area (Å²) < 4.78 is 2.11. The first-order valence-electron chi connectivity index (χ1n) is 6.60. The van der Waals surface area contributed by atoms with Gasteiger partial charge >= 0.3 is 0 Å². The molecule has 0 spiro atoms. The Bertz CT molecular complexity index is 354. The third-order valence-electron chi connectivity index (χ3n) is 3.83. The van der Waals surface area contributed by atoms with E-state index in [1.165, 1.54) is 12.8 Å². The molecule has 3 heteroatoms. The van der Waals surface area contributed by atoms with Crippen LogP contribution in [0.15, 0.2) is 30.4 Å². The molecule has 0 amide bonds. The highest BCUT2D eigenvalue weighted by Gasteiger charge is 2.21. The second-order valence-electron chi connectivity index (χ2n) is 5.11. The van der Waals surface area contributed by atoms with Gasteiger partial charge in [0.15, 0.2) is 0 Å². The molecule has 0 radical (unpaired) electrons. The van der Waals surface area contributed by atoms with Gasteiger partial charge in [-0.1, -0.05) is 18.6 Å². The SMILES string of the molecule is CC1=CCC[C@@H](C)[C@@H]1CNCCn1ccnc1. The largest absolute Gasteiger partial charge is 0.336 e. The molecule has 0 bridgehead atoms. The van der Waals surface area contributed by atoms with E-state index in [4.69, 9.17) is 0 Å². The number of imidazole rings is 1. The average Bonchev–Trinajstić information content (AvgIpc) is 2.80. The van der Waals surface area contributed by atoms with E-state index in [9.17, 15) is 0 Å². The van der Waals surface area contributed by atoms with Crippen molar-refractivity contribution in [2.24, 2.45) is 11.8 Å². The van der Waals surface area contributed by atoms with Crippen molar-refractivity contribution < 1.29 is 0 Å². The Hall–Kier alpha value is -1.09. The average molecular weight is 233 g/mol. The monoisotopic (exact) mass is 233 g/mol. The van der Waals surface area contributed by atoms with E-state index in [2.05, 4.69) is 34.8 Å². The van der Waals surface area contributed by atoms with E-state index < -0.39 is 0 Å². The van der Waals surface area contributed by atoms with Crippen LogP contribution in [0.25, 0.3) is 0 Å². The van der Waals surface area contributed by atoms with Crippen molar-refractivity contribution in [3.05, 3.63) is 30.4 Å². The fourth-order valence-electron chi connectivity index (χ4n) is 2.62. The molecule has 3 nitrogen and oxygen atoms in total. The molecule has 17 heavy (non-hydrogen) atoms. The first-order valence-corrected chi connectivity index (χ1v) is 6.60. The van der Waals surface area contributed by atoms with E-state index in [0.29, 0.717) is 0 Å². The van der Waals surface area contributed by atoms with Crippen molar-refractivity contribution in [3.8, 4) is 0 Å². The fraction of sp³-hybridized carbons (Fsp3) is 0.643. The Balaban J connectivity index is 1.71. The molecule has 0 fully saturated rings. The summed E-state index contributed by atoms with van der Waals surface area (Å²) in [6.07, 6.45) is 10.7. The first-order chi connectivity index (χ1) is 8.27. The maximum absolute atomic E-state index is 4.04. The molecule has 0 aromatic carbocycles. The molecule has 1 aromatic rings. The van der Waals surface area contributed by atoms with Crippen LogP contribution in [0.2, 0.25) is 0 Å². The first kappa shape index (κ1) is 12.4. The van der Waals surface area contributed by atoms with Crippen LogP contribution in [0.4, 0.5) is 0 Å². The Morgan fingerprint density at radius 1 is 1.53 bits per heavy atom. The van der Waals surface area contributed by atoms with Crippen LogP contribution in [0, 0.1) is 11.8 Å². The molecule has 0 unspecified atom stereocenters. The molecule has 0 saturated heterocycles. The Morgan fingerprint density at radius 2 is 2.41 bits per heavy atom. The van der Waals surface area contributed by atoms with Gasteiger partial charge in [0.05, 0.1) is 6.33 Å². The number of aromatic nitrogens is 2. The molecule has 0 aliphatic heterocycles. The summed E-state index contributed by atoms with van der Waals surface area (Å²) in [7, 11) is 0. The van der Waals surface area contributed by atoms with Gasteiger partial charge in [-0.3, -0.25) is 0 Å². The zero-order valence-electron chi connectivity index (χ0n) is 10.9. The number of nitrogens with one attached hydrogen (secondary N) is 1. The molecule has 1 aliphatic carbocycles. The maximum atomic E-state index is 4.04. The lowest BCUT2D eigenvalue weighted by Gasteiger charge is -2.29. The van der Waals surface area contributed by atoms with Crippen LogP contribution < -0.4 is 5.32 Å². The second-order valence-corrected chi connectivity index (χ2v) is 5.11. The van der Waals surface area contributed by atoms with E-state index in [0.717, 1.165) is 31.5 Å². The van der Waals surface area contributed by atoms with Gasteiger partial charge in [0, 0.05) is 32.0 Å². The molecule has 1 N–H and O–H groups in total. The molecular weight excluding hydrogens is 210 g/mol. The molecule has 0 saturated carbocycles. The van der Waals surface area contributed by atoms with Gasteiger partial charge in [-0.05, 0) is 31.6 Å². The number of rotatable bonds is 5. The van der Waals surface area contributed by atoms with Gasteiger partial charge in [-0.25, -0.2) is 4.98 Å². The van der Waals surface area contributed by atoms with Gasteiger partial charge in [-0.15, -0.1) is 0 Å². The number of nitrogens with zero attached hydrogens (tertiary/aromatic N) is 2. The molecule has 2 atom stereocenters. The van der Waals surface area contributed by atoms with Crippen molar-refractivity contribution >= 4 is 0 Å². The van der Waals surface area contributed by atoms with Crippen LogP contribution in [0.3, 0.4) is 0 Å². The minimum atomic E-state index is 0.728. The number of hydrogen-bond donors (Lipinski definition) is 1. The molecule has 1 heterocycles. The lowest BCUT2D eigenvalue weighted by molar-refractivity contribution is 0.348. The van der Waals surface area contributed by atoms with Gasteiger partial charge in [0.25, 0.3) is 0 Å². The zero-order valence-corrected chi connectivity index (χ0v) is 10.9. The molecule has 94 valence electrons. The minimum Gasteiger partial charge on any atom is -0.336 e. The Kier molecular flexibility index (Phi) is 4.37. The van der Waals surface area contributed by atoms with Crippen molar-refractivity contribution in [3.63, 3.8) is 0 Å². The topological polar surface area (TPSA) is 29.9 Å². The smallest absolute Gasteiger partial charge is 0.0946 e. The molecule has 1 aromatic heterocycles. The highest BCUT2D eigenvalue weighted by Crippen LogP contribution is 2.29. The molecule has 2 rings (SSSR count). The molecule has 1 aliphatic rings. The summed E-state index contributed by atoms with van der Waals surface area (Å²) in [5, 5.41) is 3.56. The van der Waals surface area contributed by atoms with E-state index in [1.807, 2.05) is 18.7 Å². The second kappa shape index (κ2) is 6.01. The third kappa shape index (κ3) is 3.43. The summed E-state index contributed by atoms with van der Waals surface area (Å²) in [5.74, 6) is 1.55. The van der Waals surface area contributed by atoms with Crippen molar-refractivity contribution in [2.45, 2.75) is 33.2 Å². The Morgan fingerprint density at radius 3 is 3.12 bits per heavy atom. The predicted molar refractivity (Wildman–Crippen MR) is 70.7 cm³/mol. The van der Waals surface area contributed by atoms with Crippen molar-refractivity contribution in [2.75, 3.05) is 13.1 Å². The fourth-order valence-corrected chi connectivity index (χ4v) is 2.62. The Labute approximate surface area is 104 Å². The highest BCUT2D eigenvalue weighted by atomic mass is 15.0. The zero-order chi connectivity index (χ0) is 12.1. The van der Waals surface area contributed by atoms with Crippen LogP contribution in [0.5, 0.6) is 0 Å². The van der Waals surface area contributed by atoms with Crippen LogP contribution >= 0.6 is 0 Å². The number of allylic oxidation sites excluding steroid dienone is 1.